The summed E-state index contributed by atoms with van der Waals surface area (Å²) >= 11 is 12.1. The van der Waals surface area contributed by atoms with Gasteiger partial charge < -0.3 is 5.73 Å². The zero-order chi connectivity index (χ0) is 12.0. The number of unbranched alkanes of at least 4 members (excludes halogenated alkanes) is 3. The first kappa shape index (κ1) is 13.8. The van der Waals surface area contributed by atoms with Crippen molar-refractivity contribution in [2.24, 2.45) is 5.73 Å². The molecule has 0 aliphatic carbocycles. The summed E-state index contributed by atoms with van der Waals surface area (Å²) in [5, 5.41) is 1.19. The van der Waals surface area contributed by atoms with E-state index in [0.717, 1.165) is 18.4 Å². The molecule has 0 amide bonds. The van der Waals surface area contributed by atoms with E-state index in [1.165, 1.54) is 19.3 Å². The third kappa shape index (κ3) is 3.97. The maximum Gasteiger partial charge on any atom is 0.0639 e. The van der Waals surface area contributed by atoms with Crippen molar-refractivity contribution < 1.29 is 0 Å². The molecule has 16 heavy (non-hydrogen) atoms. The van der Waals surface area contributed by atoms with Gasteiger partial charge in [-0.2, -0.15) is 0 Å². The number of benzene rings is 1. The average Bonchev–Trinajstić information content (AvgIpc) is 2.28. The number of halogens is 2. The Morgan fingerprint density at radius 3 is 2.62 bits per heavy atom. The molecule has 0 saturated heterocycles. The molecule has 0 aliphatic heterocycles. The molecular formula is C13H19Cl2N. The molecule has 2 N–H and O–H groups in total. The summed E-state index contributed by atoms with van der Waals surface area (Å²) in [6.45, 7) is 2.20. The van der Waals surface area contributed by atoms with Crippen LogP contribution in [0.2, 0.25) is 10.0 Å². The molecule has 1 unspecified atom stereocenters. The van der Waals surface area contributed by atoms with Gasteiger partial charge >= 0.3 is 0 Å². The topological polar surface area (TPSA) is 26.0 Å². The third-order valence-corrected chi connectivity index (χ3v) is 3.58. The molecule has 0 fully saturated rings. The summed E-state index contributed by atoms with van der Waals surface area (Å²) in [5.74, 6) is 0. The fraction of sp³-hybridized carbons (Fsp3) is 0.538. The maximum atomic E-state index is 6.12. The highest BCUT2D eigenvalue weighted by molar-refractivity contribution is 6.42. The van der Waals surface area contributed by atoms with Gasteiger partial charge in [0.1, 0.15) is 0 Å². The molecule has 1 rings (SSSR count). The van der Waals surface area contributed by atoms with Crippen molar-refractivity contribution >= 4 is 23.2 Å². The first-order chi connectivity index (χ1) is 7.66. The molecule has 90 valence electrons. The zero-order valence-electron chi connectivity index (χ0n) is 9.68. The van der Waals surface area contributed by atoms with Gasteiger partial charge in [-0.15, -0.1) is 0 Å². The Morgan fingerprint density at radius 1 is 1.19 bits per heavy atom. The lowest BCUT2D eigenvalue weighted by Crippen LogP contribution is -2.10. The van der Waals surface area contributed by atoms with Gasteiger partial charge in [0.25, 0.3) is 0 Å². The molecule has 1 nitrogen and oxygen atoms in total. The van der Waals surface area contributed by atoms with Crippen LogP contribution in [0.3, 0.4) is 0 Å². The highest BCUT2D eigenvalue weighted by Crippen LogP contribution is 2.30. The molecule has 1 aromatic carbocycles. The Labute approximate surface area is 108 Å². The first-order valence-corrected chi connectivity index (χ1v) is 6.62. The van der Waals surface area contributed by atoms with E-state index in [-0.39, 0.29) is 6.04 Å². The molecule has 1 atom stereocenters. The van der Waals surface area contributed by atoms with E-state index in [2.05, 4.69) is 6.92 Å². The van der Waals surface area contributed by atoms with Crippen LogP contribution in [0.25, 0.3) is 0 Å². The second-order valence-electron chi connectivity index (χ2n) is 4.10. The van der Waals surface area contributed by atoms with Crippen molar-refractivity contribution in [3.63, 3.8) is 0 Å². The highest BCUT2D eigenvalue weighted by atomic mass is 35.5. The van der Waals surface area contributed by atoms with E-state index in [1.807, 2.05) is 12.1 Å². The summed E-state index contributed by atoms with van der Waals surface area (Å²) in [6, 6.07) is 5.65. The van der Waals surface area contributed by atoms with Gasteiger partial charge in [-0.05, 0) is 18.1 Å². The lowest BCUT2D eigenvalue weighted by Gasteiger charge is -2.14. The van der Waals surface area contributed by atoms with Crippen LogP contribution in [0.5, 0.6) is 0 Å². The Bertz CT molecular complexity index is 326. The minimum atomic E-state index is 0.00283. The van der Waals surface area contributed by atoms with Crippen LogP contribution in [-0.2, 0) is 0 Å². The van der Waals surface area contributed by atoms with Gasteiger partial charge in [0.2, 0.25) is 0 Å². The quantitative estimate of drug-likeness (QED) is 0.718. The Morgan fingerprint density at radius 2 is 1.94 bits per heavy atom. The summed E-state index contributed by atoms with van der Waals surface area (Å²) in [7, 11) is 0. The zero-order valence-corrected chi connectivity index (χ0v) is 11.2. The standard InChI is InChI=1S/C13H19Cl2N/c1-2-3-4-5-9-12(16)10-7-6-8-11(14)13(10)15/h6-8,12H,2-5,9,16H2,1H3. The molecule has 0 aromatic heterocycles. The fourth-order valence-electron chi connectivity index (χ4n) is 1.75. The van der Waals surface area contributed by atoms with E-state index >= 15 is 0 Å². The SMILES string of the molecule is CCCCCCC(N)c1cccc(Cl)c1Cl. The normalized spacial score (nSPS) is 12.8. The molecular weight excluding hydrogens is 241 g/mol. The van der Waals surface area contributed by atoms with Gasteiger partial charge in [-0.1, -0.05) is 67.9 Å². The average molecular weight is 260 g/mol. The summed E-state index contributed by atoms with van der Waals surface area (Å²) < 4.78 is 0. The largest absolute Gasteiger partial charge is 0.324 e. The third-order valence-electron chi connectivity index (χ3n) is 2.75. The monoisotopic (exact) mass is 259 g/mol. The maximum absolute atomic E-state index is 6.12. The van der Waals surface area contributed by atoms with E-state index in [4.69, 9.17) is 28.9 Å². The number of hydrogen-bond donors (Lipinski definition) is 1. The first-order valence-electron chi connectivity index (χ1n) is 5.86. The van der Waals surface area contributed by atoms with Crippen molar-refractivity contribution in [3.8, 4) is 0 Å². The number of rotatable bonds is 6. The Kier molecular flexibility index (Phi) is 6.18. The van der Waals surface area contributed by atoms with E-state index in [1.54, 1.807) is 6.07 Å². The molecule has 0 radical (unpaired) electrons. The predicted octanol–water partition coefficient (Wildman–Crippen LogP) is 4.96. The molecule has 3 heteroatoms. The van der Waals surface area contributed by atoms with Crippen LogP contribution in [0.4, 0.5) is 0 Å². The van der Waals surface area contributed by atoms with Crippen LogP contribution >= 0.6 is 23.2 Å². The molecule has 0 bridgehead atoms. The molecule has 0 spiro atoms. The predicted molar refractivity (Wildman–Crippen MR) is 72.1 cm³/mol. The van der Waals surface area contributed by atoms with Crippen molar-refractivity contribution in [2.45, 2.75) is 45.1 Å². The summed E-state index contributed by atoms with van der Waals surface area (Å²) in [6.07, 6.45) is 5.88. The van der Waals surface area contributed by atoms with Crippen LogP contribution in [0.15, 0.2) is 18.2 Å². The second-order valence-corrected chi connectivity index (χ2v) is 4.88. The second kappa shape index (κ2) is 7.16. The Balaban J connectivity index is 2.52. The minimum Gasteiger partial charge on any atom is -0.324 e. The van der Waals surface area contributed by atoms with Gasteiger partial charge in [0.05, 0.1) is 10.0 Å². The van der Waals surface area contributed by atoms with Gasteiger partial charge in [0.15, 0.2) is 0 Å². The Hall–Kier alpha value is -0.240. The van der Waals surface area contributed by atoms with Crippen molar-refractivity contribution in [3.05, 3.63) is 33.8 Å². The summed E-state index contributed by atoms with van der Waals surface area (Å²) in [5.41, 5.74) is 7.07. The number of hydrogen-bond acceptors (Lipinski definition) is 1. The highest BCUT2D eigenvalue weighted by Gasteiger charge is 2.11. The fourth-order valence-corrected chi connectivity index (χ4v) is 2.20. The summed E-state index contributed by atoms with van der Waals surface area (Å²) in [4.78, 5) is 0. The van der Waals surface area contributed by atoms with E-state index < -0.39 is 0 Å². The lowest BCUT2D eigenvalue weighted by atomic mass is 10.0. The van der Waals surface area contributed by atoms with Crippen LogP contribution in [0, 0.1) is 0 Å². The van der Waals surface area contributed by atoms with Gasteiger partial charge in [0, 0.05) is 6.04 Å². The van der Waals surface area contributed by atoms with Gasteiger partial charge in [-0.3, -0.25) is 0 Å². The molecule has 0 saturated carbocycles. The van der Waals surface area contributed by atoms with Crippen LogP contribution < -0.4 is 5.73 Å². The smallest absolute Gasteiger partial charge is 0.0639 e. The van der Waals surface area contributed by atoms with E-state index in [9.17, 15) is 0 Å². The molecule has 0 heterocycles. The van der Waals surface area contributed by atoms with Crippen LogP contribution in [-0.4, -0.2) is 0 Å². The van der Waals surface area contributed by atoms with Crippen molar-refractivity contribution in [2.75, 3.05) is 0 Å². The van der Waals surface area contributed by atoms with Gasteiger partial charge in [-0.25, -0.2) is 0 Å². The van der Waals surface area contributed by atoms with E-state index in [0.29, 0.717) is 10.0 Å². The lowest BCUT2D eigenvalue weighted by molar-refractivity contribution is 0.566. The number of nitrogens with two attached hydrogens (primary N) is 1. The minimum absolute atomic E-state index is 0.00283. The van der Waals surface area contributed by atoms with Crippen molar-refractivity contribution in [1.82, 2.24) is 0 Å². The molecule has 1 aromatic rings. The van der Waals surface area contributed by atoms with Crippen molar-refractivity contribution in [1.29, 1.82) is 0 Å². The molecule has 0 aliphatic rings. The van der Waals surface area contributed by atoms with Crippen LogP contribution in [0.1, 0.15) is 50.6 Å².